The molecule has 2 aliphatic heterocycles. The smallest absolute Gasteiger partial charge is 0.149 e. The molecule has 2 rings (SSSR count). The molecule has 0 bridgehead atoms. The fourth-order valence-corrected chi connectivity index (χ4v) is 2.47. The molecule has 2 heterocycles. The van der Waals surface area contributed by atoms with Crippen LogP contribution in [-0.2, 0) is 4.74 Å². The number of ether oxygens (including phenoxy) is 1. The largest absolute Gasteiger partial charge is 0.370 e. The zero-order valence-electron chi connectivity index (χ0n) is 9.27. The summed E-state index contributed by atoms with van der Waals surface area (Å²) in [6.07, 6.45) is 1.66. The maximum absolute atomic E-state index is 6.07. The summed E-state index contributed by atoms with van der Waals surface area (Å²) in [6, 6.07) is 0.0194. The molecule has 0 N–H and O–H groups in total. The lowest BCUT2D eigenvalue weighted by atomic mass is 9.94. The van der Waals surface area contributed by atoms with Crippen LogP contribution in [0.1, 0.15) is 13.8 Å². The zero-order chi connectivity index (χ0) is 11.1. The van der Waals surface area contributed by atoms with Gasteiger partial charge in [0.15, 0.2) is 0 Å². The summed E-state index contributed by atoms with van der Waals surface area (Å²) in [4.78, 5) is 2.19. The van der Waals surface area contributed by atoms with E-state index in [-0.39, 0.29) is 17.6 Å². The molecule has 2 unspecified atom stereocenters. The fourth-order valence-electron chi connectivity index (χ4n) is 2.14. The average Bonchev–Trinajstić information content (AvgIpc) is 2.24. The number of rotatable bonds is 0. The molecule has 0 spiro atoms. The first-order valence-corrected chi connectivity index (χ1v) is 5.46. The first-order valence-electron chi connectivity index (χ1n) is 5.08. The molecule has 0 aromatic carbocycles. The number of hydrogen-bond acceptors (Lipinski definition) is 4. The quantitative estimate of drug-likeness (QED) is 0.629. The molecule has 0 radical (unpaired) electrons. The van der Waals surface area contributed by atoms with Gasteiger partial charge in [-0.05, 0) is 7.05 Å². The van der Waals surface area contributed by atoms with Gasteiger partial charge in [0.2, 0.25) is 0 Å². The van der Waals surface area contributed by atoms with Crippen LogP contribution in [0.3, 0.4) is 0 Å². The fraction of sp³-hybridized carbons (Fsp3) is 0.800. The van der Waals surface area contributed by atoms with Crippen molar-refractivity contribution in [2.24, 2.45) is 15.6 Å². The van der Waals surface area contributed by atoms with E-state index in [4.69, 9.17) is 16.3 Å². The van der Waals surface area contributed by atoms with Crippen LogP contribution in [0.25, 0.3) is 0 Å². The molecule has 15 heavy (non-hydrogen) atoms. The van der Waals surface area contributed by atoms with Gasteiger partial charge < -0.3 is 4.74 Å². The highest BCUT2D eigenvalue weighted by Crippen LogP contribution is 2.26. The van der Waals surface area contributed by atoms with Crippen molar-refractivity contribution in [3.8, 4) is 0 Å². The zero-order valence-corrected chi connectivity index (χ0v) is 10.0. The van der Waals surface area contributed by atoms with Gasteiger partial charge in [-0.15, -0.1) is 5.10 Å². The van der Waals surface area contributed by atoms with Crippen molar-refractivity contribution in [3.05, 3.63) is 0 Å². The van der Waals surface area contributed by atoms with Crippen molar-refractivity contribution < 1.29 is 4.74 Å². The number of halogens is 1. The lowest BCUT2D eigenvalue weighted by Gasteiger charge is -2.31. The Morgan fingerprint density at radius 2 is 2.33 bits per heavy atom. The minimum absolute atomic E-state index is 0.0194. The Hall–Kier alpha value is -0.450. The summed E-state index contributed by atoms with van der Waals surface area (Å²) in [6.45, 7) is 6.02. The van der Waals surface area contributed by atoms with Crippen LogP contribution in [-0.4, -0.2) is 48.6 Å². The Morgan fingerprint density at radius 1 is 1.60 bits per heavy atom. The van der Waals surface area contributed by atoms with Crippen molar-refractivity contribution >= 4 is 23.0 Å². The highest BCUT2D eigenvalue weighted by molar-refractivity contribution is 6.67. The predicted octanol–water partition coefficient (Wildman–Crippen LogP) is 1.35. The van der Waals surface area contributed by atoms with Crippen LogP contribution in [0.15, 0.2) is 10.2 Å². The van der Waals surface area contributed by atoms with Crippen molar-refractivity contribution in [3.63, 3.8) is 0 Å². The third kappa shape index (κ3) is 2.22. The Balaban J connectivity index is 2.24. The molecule has 0 aromatic rings. The Bertz CT molecular complexity index is 314. The van der Waals surface area contributed by atoms with E-state index < -0.39 is 0 Å². The number of likely N-dealkylation sites (N-methyl/N-ethyl adjacent to an activating group) is 1. The van der Waals surface area contributed by atoms with Crippen LogP contribution < -0.4 is 0 Å². The number of nitrogens with zero attached hydrogens (tertiary/aromatic N) is 3. The molecular formula is C10H16ClN3O. The number of hydrogen-bond donors (Lipinski definition) is 0. The van der Waals surface area contributed by atoms with Gasteiger partial charge in [-0.3, -0.25) is 4.90 Å². The van der Waals surface area contributed by atoms with E-state index in [0.29, 0.717) is 11.8 Å². The molecule has 0 saturated carbocycles. The lowest BCUT2D eigenvalue weighted by Crippen LogP contribution is -2.47. The van der Waals surface area contributed by atoms with Gasteiger partial charge in [-0.25, -0.2) is 0 Å². The van der Waals surface area contributed by atoms with E-state index in [1.54, 1.807) is 6.21 Å². The molecule has 2 atom stereocenters. The summed E-state index contributed by atoms with van der Waals surface area (Å²) in [5.74, 6) is 0. The first kappa shape index (κ1) is 11.0. The van der Waals surface area contributed by atoms with E-state index in [2.05, 4.69) is 29.0 Å². The second kappa shape index (κ2) is 3.85. The van der Waals surface area contributed by atoms with Crippen LogP contribution in [0.4, 0.5) is 0 Å². The van der Waals surface area contributed by atoms with Gasteiger partial charge >= 0.3 is 0 Å². The van der Waals surface area contributed by atoms with Crippen LogP contribution in [0.2, 0.25) is 0 Å². The average molecular weight is 230 g/mol. The Labute approximate surface area is 94.9 Å². The lowest BCUT2D eigenvalue weighted by molar-refractivity contribution is 0.0567. The molecule has 5 heteroatoms. The summed E-state index contributed by atoms with van der Waals surface area (Å²) in [7, 11) is 2.05. The molecule has 0 aliphatic carbocycles. The van der Waals surface area contributed by atoms with E-state index >= 15 is 0 Å². The molecule has 4 nitrogen and oxygen atoms in total. The summed E-state index contributed by atoms with van der Waals surface area (Å²) < 4.78 is 5.81. The third-order valence-corrected chi connectivity index (χ3v) is 3.04. The Kier molecular flexibility index (Phi) is 2.83. The minimum Gasteiger partial charge on any atom is -0.370 e. The maximum atomic E-state index is 6.07. The third-order valence-electron chi connectivity index (χ3n) is 2.74. The molecule has 1 fully saturated rings. The van der Waals surface area contributed by atoms with Crippen molar-refractivity contribution in [2.75, 3.05) is 20.2 Å². The predicted molar refractivity (Wildman–Crippen MR) is 61.7 cm³/mol. The monoisotopic (exact) mass is 229 g/mol. The van der Waals surface area contributed by atoms with Crippen LogP contribution >= 0.6 is 11.6 Å². The van der Waals surface area contributed by atoms with Gasteiger partial charge in [-0.1, -0.05) is 25.4 Å². The normalized spacial score (nSPS) is 35.6. The summed E-state index contributed by atoms with van der Waals surface area (Å²) >= 11 is 6.07. The van der Waals surface area contributed by atoms with Crippen molar-refractivity contribution in [1.82, 2.24) is 4.90 Å². The van der Waals surface area contributed by atoms with E-state index in [0.717, 1.165) is 6.54 Å². The molecule has 84 valence electrons. The van der Waals surface area contributed by atoms with Gasteiger partial charge in [0.05, 0.1) is 18.9 Å². The first-order chi connectivity index (χ1) is 6.99. The molecule has 0 aromatic heterocycles. The SMILES string of the molecule is CN1CC(C)(C)COC2C=NN=C(Cl)C21. The van der Waals surface area contributed by atoms with E-state index in [9.17, 15) is 0 Å². The van der Waals surface area contributed by atoms with E-state index in [1.165, 1.54) is 0 Å². The summed E-state index contributed by atoms with van der Waals surface area (Å²) in [5.41, 5.74) is 0.136. The van der Waals surface area contributed by atoms with Crippen molar-refractivity contribution in [2.45, 2.75) is 26.0 Å². The maximum Gasteiger partial charge on any atom is 0.149 e. The molecular weight excluding hydrogens is 214 g/mol. The van der Waals surface area contributed by atoms with Gasteiger partial charge in [-0.2, -0.15) is 5.10 Å². The standard InChI is InChI=1S/C10H16ClN3O/c1-10(2)5-14(3)8-7(15-6-10)4-12-13-9(8)11/h4,7-8H,5-6H2,1-3H3. The molecule has 2 aliphatic rings. The summed E-state index contributed by atoms with van der Waals surface area (Å²) in [5, 5.41) is 8.25. The topological polar surface area (TPSA) is 37.2 Å². The minimum atomic E-state index is -0.0678. The highest BCUT2D eigenvalue weighted by atomic mass is 35.5. The van der Waals surface area contributed by atoms with Crippen LogP contribution in [0.5, 0.6) is 0 Å². The number of fused-ring (bicyclic) bond motifs is 1. The highest BCUT2D eigenvalue weighted by Gasteiger charge is 2.38. The second-order valence-corrected chi connectivity index (χ2v) is 5.37. The Morgan fingerprint density at radius 3 is 3.07 bits per heavy atom. The molecule has 0 amide bonds. The van der Waals surface area contributed by atoms with Crippen molar-refractivity contribution in [1.29, 1.82) is 0 Å². The second-order valence-electron chi connectivity index (χ2n) is 4.99. The van der Waals surface area contributed by atoms with Gasteiger partial charge in [0, 0.05) is 12.0 Å². The molecule has 1 saturated heterocycles. The van der Waals surface area contributed by atoms with Gasteiger partial charge in [0.25, 0.3) is 0 Å². The van der Waals surface area contributed by atoms with Gasteiger partial charge in [0.1, 0.15) is 11.3 Å². The van der Waals surface area contributed by atoms with E-state index in [1.807, 2.05) is 7.05 Å². The van der Waals surface area contributed by atoms with Crippen LogP contribution in [0, 0.1) is 5.41 Å².